The zero-order valence-electron chi connectivity index (χ0n) is 10.1. The Labute approximate surface area is 96.6 Å². The van der Waals surface area contributed by atoms with Crippen molar-refractivity contribution in [2.45, 2.75) is 19.3 Å². The molecule has 0 saturated heterocycles. The number of nitrogens with zero attached hydrogens (tertiary/aromatic N) is 1. The van der Waals surface area contributed by atoms with E-state index in [4.69, 9.17) is 0 Å². The second-order valence-electron chi connectivity index (χ2n) is 4.50. The topological polar surface area (TPSA) is 61.4 Å². The third kappa shape index (κ3) is 5.70. The highest BCUT2D eigenvalue weighted by Crippen LogP contribution is 2.28. The van der Waals surface area contributed by atoms with E-state index < -0.39 is 0 Å². The Hall–Kier alpha value is -1.10. The largest absolute Gasteiger partial charge is 0.355 e. The molecule has 0 bridgehead atoms. The summed E-state index contributed by atoms with van der Waals surface area (Å²) in [7, 11) is 4.00. The van der Waals surface area contributed by atoms with Gasteiger partial charge in [0.05, 0.1) is 6.54 Å². The minimum Gasteiger partial charge on any atom is -0.355 e. The molecule has 5 heteroatoms. The molecule has 2 N–H and O–H groups in total. The smallest absolute Gasteiger partial charge is 0.239 e. The van der Waals surface area contributed by atoms with E-state index in [0.717, 1.165) is 25.8 Å². The summed E-state index contributed by atoms with van der Waals surface area (Å²) in [4.78, 5) is 24.6. The van der Waals surface area contributed by atoms with Gasteiger partial charge in [-0.1, -0.05) is 0 Å². The monoisotopic (exact) mass is 227 g/mol. The Kier molecular flexibility index (Phi) is 5.25. The Morgan fingerprint density at radius 1 is 1.25 bits per heavy atom. The van der Waals surface area contributed by atoms with Crippen molar-refractivity contribution in [3.63, 3.8) is 0 Å². The van der Waals surface area contributed by atoms with E-state index in [1.165, 1.54) is 0 Å². The van der Waals surface area contributed by atoms with Crippen molar-refractivity contribution in [3.05, 3.63) is 0 Å². The summed E-state index contributed by atoms with van der Waals surface area (Å²) in [5.74, 6) is 0.0812. The van der Waals surface area contributed by atoms with Crippen molar-refractivity contribution in [3.8, 4) is 0 Å². The van der Waals surface area contributed by atoms with Crippen LogP contribution in [0.4, 0.5) is 0 Å². The van der Waals surface area contributed by atoms with Crippen LogP contribution in [-0.2, 0) is 9.59 Å². The van der Waals surface area contributed by atoms with E-state index in [1.807, 2.05) is 14.1 Å². The lowest BCUT2D eigenvalue weighted by Gasteiger charge is -2.10. The third-order valence-electron chi connectivity index (χ3n) is 2.48. The summed E-state index contributed by atoms with van der Waals surface area (Å²) >= 11 is 0. The molecule has 0 aromatic carbocycles. The quantitative estimate of drug-likeness (QED) is 0.581. The number of carbonyl (C=O) groups excluding carboxylic acids is 2. The molecule has 0 aromatic rings. The first-order valence-corrected chi connectivity index (χ1v) is 5.78. The number of nitrogens with one attached hydrogen (secondary N) is 2. The molecule has 1 rings (SSSR count). The second-order valence-corrected chi connectivity index (χ2v) is 4.50. The predicted octanol–water partition coefficient (Wildman–Crippen LogP) is -0.419. The molecule has 5 nitrogen and oxygen atoms in total. The highest BCUT2D eigenvalue weighted by Gasteiger charge is 2.29. The average molecular weight is 227 g/mol. The first kappa shape index (κ1) is 13.0. The molecular formula is C11H21N3O2. The van der Waals surface area contributed by atoms with Crippen LogP contribution in [-0.4, -0.2) is 50.4 Å². The van der Waals surface area contributed by atoms with Crippen LogP contribution in [0.1, 0.15) is 19.3 Å². The molecule has 92 valence electrons. The Morgan fingerprint density at radius 3 is 2.50 bits per heavy atom. The summed E-state index contributed by atoms with van der Waals surface area (Å²) in [5, 5.41) is 5.41. The molecule has 0 unspecified atom stereocenters. The normalized spacial score (nSPS) is 14.9. The molecule has 0 spiro atoms. The number of rotatable bonds is 7. The molecule has 2 amide bonds. The minimum absolute atomic E-state index is 0.0171. The molecule has 1 fully saturated rings. The molecule has 1 aliphatic rings. The van der Waals surface area contributed by atoms with Gasteiger partial charge in [-0.2, -0.15) is 0 Å². The van der Waals surface area contributed by atoms with Crippen molar-refractivity contribution in [2.75, 3.05) is 33.7 Å². The van der Waals surface area contributed by atoms with Crippen LogP contribution in [0, 0.1) is 5.92 Å². The van der Waals surface area contributed by atoms with Gasteiger partial charge in [-0.3, -0.25) is 9.59 Å². The first-order chi connectivity index (χ1) is 7.59. The number of hydrogen-bond acceptors (Lipinski definition) is 3. The second kappa shape index (κ2) is 6.48. The van der Waals surface area contributed by atoms with E-state index in [2.05, 4.69) is 15.5 Å². The number of carbonyl (C=O) groups is 2. The molecule has 16 heavy (non-hydrogen) atoms. The van der Waals surface area contributed by atoms with Crippen LogP contribution in [0.2, 0.25) is 0 Å². The lowest BCUT2D eigenvalue weighted by molar-refractivity contribution is -0.126. The van der Waals surface area contributed by atoms with E-state index in [1.54, 1.807) is 0 Å². The maximum Gasteiger partial charge on any atom is 0.239 e. The van der Waals surface area contributed by atoms with Crippen molar-refractivity contribution in [1.29, 1.82) is 0 Å². The summed E-state index contributed by atoms with van der Waals surface area (Å²) < 4.78 is 0. The number of amides is 2. The summed E-state index contributed by atoms with van der Waals surface area (Å²) in [6.45, 7) is 1.72. The maximum atomic E-state index is 11.3. The van der Waals surface area contributed by atoms with Gasteiger partial charge in [0.2, 0.25) is 11.8 Å². The summed E-state index contributed by atoms with van der Waals surface area (Å²) in [6.07, 6.45) is 2.86. The highest BCUT2D eigenvalue weighted by molar-refractivity contribution is 5.86. The van der Waals surface area contributed by atoms with Gasteiger partial charge in [0.15, 0.2) is 0 Å². The molecule has 1 aliphatic carbocycles. The fraction of sp³-hybridized carbons (Fsp3) is 0.818. The summed E-state index contributed by atoms with van der Waals surface area (Å²) in [6, 6.07) is 0. The van der Waals surface area contributed by atoms with E-state index in [-0.39, 0.29) is 24.3 Å². The van der Waals surface area contributed by atoms with Crippen LogP contribution < -0.4 is 10.6 Å². The van der Waals surface area contributed by atoms with Gasteiger partial charge >= 0.3 is 0 Å². The van der Waals surface area contributed by atoms with E-state index >= 15 is 0 Å². The Bertz CT molecular complexity index is 250. The van der Waals surface area contributed by atoms with Crippen LogP contribution in [0.3, 0.4) is 0 Å². The zero-order valence-corrected chi connectivity index (χ0v) is 10.1. The minimum atomic E-state index is -0.104. The first-order valence-electron chi connectivity index (χ1n) is 5.78. The molecule has 0 heterocycles. The van der Waals surface area contributed by atoms with Crippen LogP contribution in [0.5, 0.6) is 0 Å². The van der Waals surface area contributed by atoms with E-state index in [0.29, 0.717) is 6.54 Å². The lowest BCUT2D eigenvalue weighted by Crippen LogP contribution is -2.38. The van der Waals surface area contributed by atoms with Crippen molar-refractivity contribution >= 4 is 11.8 Å². The van der Waals surface area contributed by atoms with Crippen LogP contribution >= 0.6 is 0 Å². The number of hydrogen-bond donors (Lipinski definition) is 2. The van der Waals surface area contributed by atoms with Gasteiger partial charge in [-0.15, -0.1) is 0 Å². The predicted molar refractivity (Wildman–Crippen MR) is 61.9 cm³/mol. The fourth-order valence-electron chi connectivity index (χ4n) is 1.34. The van der Waals surface area contributed by atoms with Crippen molar-refractivity contribution in [2.24, 2.45) is 5.92 Å². The lowest BCUT2D eigenvalue weighted by atomic mass is 10.3. The highest BCUT2D eigenvalue weighted by atomic mass is 16.2. The fourth-order valence-corrected chi connectivity index (χ4v) is 1.34. The van der Waals surface area contributed by atoms with Crippen molar-refractivity contribution < 1.29 is 9.59 Å². The Balaban J connectivity index is 1.95. The third-order valence-corrected chi connectivity index (χ3v) is 2.48. The molecule has 0 radical (unpaired) electrons. The van der Waals surface area contributed by atoms with Gasteiger partial charge in [-0.05, 0) is 39.9 Å². The SMILES string of the molecule is CN(C)CCCNC(=O)CNC(=O)C1CC1. The molecular weight excluding hydrogens is 206 g/mol. The molecule has 1 saturated carbocycles. The van der Waals surface area contributed by atoms with Gasteiger partial charge in [-0.25, -0.2) is 0 Å². The zero-order chi connectivity index (χ0) is 12.0. The Morgan fingerprint density at radius 2 is 1.94 bits per heavy atom. The van der Waals surface area contributed by atoms with Crippen LogP contribution in [0.15, 0.2) is 0 Å². The molecule has 0 aromatic heterocycles. The van der Waals surface area contributed by atoms with Gasteiger partial charge in [0.1, 0.15) is 0 Å². The van der Waals surface area contributed by atoms with Gasteiger partial charge in [0.25, 0.3) is 0 Å². The molecule has 0 aliphatic heterocycles. The maximum absolute atomic E-state index is 11.3. The van der Waals surface area contributed by atoms with Crippen molar-refractivity contribution in [1.82, 2.24) is 15.5 Å². The van der Waals surface area contributed by atoms with Gasteiger partial charge in [0, 0.05) is 12.5 Å². The standard InChI is InChI=1S/C11H21N3O2/c1-14(2)7-3-6-12-10(15)8-13-11(16)9-4-5-9/h9H,3-8H2,1-2H3,(H,12,15)(H,13,16). The van der Waals surface area contributed by atoms with Gasteiger partial charge < -0.3 is 15.5 Å². The average Bonchev–Trinajstić information content (AvgIpc) is 3.04. The van der Waals surface area contributed by atoms with Crippen LogP contribution in [0.25, 0.3) is 0 Å². The summed E-state index contributed by atoms with van der Waals surface area (Å²) in [5.41, 5.74) is 0. The molecule has 0 atom stereocenters. The van der Waals surface area contributed by atoms with E-state index in [9.17, 15) is 9.59 Å².